The molecule has 0 fully saturated rings. The Kier molecular flexibility index (Phi) is 11.9. The van der Waals surface area contributed by atoms with Crippen LogP contribution in [0.4, 0.5) is 0 Å². The smallest absolute Gasteiger partial charge is 0.0478 e. The van der Waals surface area contributed by atoms with E-state index in [9.17, 15) is 0 Å². The molecule has 0 radical (unpaired) electrons. The normalized spacial score (nSPS) is 11.2. The van der Waals surface area contributed by atoms with Crippen molar-refractivity contribution in [2.24, 2.45) is 0 Å². The molecule has 3 heteroatoms. The molecule has 0 aromatic rings. The highest BCUT2D eigenvalue weighted by molar-refractivity contribution is 6.25. The third-order valence-electron chi connectivity index (χ3n) is 1.64. The molecule has 0 saturated heterocycles. The lowest BCUT2D eigenvalue weighted by molar-refractivity contribution is 0.129. The number of nitrogens with one attached hydrogen (secondary N) is 1. The lowest BCUT2D eigenvalue weighted by Gasteiger charge is -2.03. The van der Waals surface area contributed by atoms with Gasteiger partial charge < -0.3 is 10.1 Å². The minimum Gasteiger partial charge on any atom is -0.381 e. The summed E-state index contributed by atoms with van der Waals surface area (Å²) in [7, 11) is 0. The summed E-state index contributed by atoms with van der Waals surface area (Å²) in [6.45, 7) is 5.77. The second kappa shape index (κ2) is 11.9. The van der Waals surface area contributed by atoms with Crippen molar-refractivity contribution >= 4 is 11.6 Å². The highest BCUT2D eigenvalue weighted by Crippen LogP contribution is 1.88. The zero-order chi connectivity index (χ0) is 9.78. The maximum absolute atomic E-state index is 5.40. The van der Waals surface area contributed by atoms with Gasteiger partial charge in [-0.1, -0.05) is 31.0 Å². The monoisotopic (exact) mass is 205 g/mol. The zero-order valence-electron chi connectivity index (χ0n) is 8.39. The molecular formula is C10H20ClNO. The maximum atomic E-state index is 5.40. The summed E-state index contributed by atoms with van der Waals surface area (Å²) in [4.78, 5) is 0. The van der Waals surface area contributed by atoms with Crippen LogP contribution in [0.2, 0.25) is 0 Å². The molecule has 0 unspecified atom stereocenters. The van der Waals surface area contributed by atoms with Gasteiger partial charge in [-0.2, -0.15) is 0 Å². The van der Waals surface area contributed by atoms with E-state index in [0.29, 0.717) is 0 Å². The Morgan fingerprint density at radius 1 is 1.31 bits per heavy atom. The van der Waals surface area contributed by atoms with E-state index < -0.39 is 0 Å². The van der Waals surface area contributed by atoms with Crippen molar-refractivity contribution in [2.45, 2.75) is 26.2 Å². The van der Waals surface area contributed by atoms with Crippen LogP contribution in [-0.4, -0.2) is 26.3 Å². The molecule has 13 heavy (non-hydrogen) atoms. The van der Waals surface area contributed by atoms with Crippen LogP contribution in [0.25, 0.3) is 0 Å². The lowest BCUT2D eigenvalue weighted by atomic mass is 10.4. The summed E-state index contributed by atoms with van der Waals surface area (Å²) in [6.07, 6.45) is 5.33. The number of rotatable bonds is 9. The lowest BCUT2D eigenvalue weighted by Crippen LogP contribution is -2.16. The third kappa shape index (κ3) is 12.0. The topological polar surface area (TPSA) is 21.3 Å². The van der Waals surface area contributed by atoms with Crippen molar-refractivity contribution in [3.8, 4) is 0 Å². The van der Waals surface area contributed by atoms with Gasteiger partial charge in [0, 0.05) is 25.3 Å². The molecular weight excluding hydrogens is 186 g/mol. The van der Waals surface area contributed by atoms with Crippen molar-refractivity contribution in [3.63, 3.8) is 0 Å². The van der Waals surface area contributed by atoms with Crippen molar-refractivity contribution in [1.82, 2.24) is 5.32 Å². The van der Waals surface area contributed by atoms with Gasteiger partial charge in [0.1, 0.15) is 0 Å². The molecule has 0 heterocycles. The predicted molar refractivity (Wildman–Crippen MR) is 58.2 cm³/mol. The first-order valence-electron chi connectivity index (χ1n) is 4.95. The van der Waals surface area contributed by atoms with Crippen LogP contribution >= 0.6 is 11.6 Å². The fraction of sp³-hybridized carbons (Fsp3) is 0.800. The average molecular weight is 206 g/mol. The van der Waals surface area contributed by atoms with E-state index in [1.54, 1.807) is 0 Å². The second-order valence-electron chi connectivity index (χ2n) is 2.89. The van der Waals surface area contributed by atoms with Gasteiger partial charge in [0.2, 0.25) is 0 Å². The zero-order valence-corrected chi connectivity index (χ0v) is 9.15. The van der Waals surface area contributed by atoms with Crippen LogP contribution in [0.3, 0.4) is 0 Å². The van der Waals surface area contributed by atoms with Crippen molar-refractivity contribution < 1.29 is 4.74 Å². The van der Waals surface area contributed by atoms with E-state index in [4.69, 9.17) is 16.3 Å². The quantitative estimate of drug-likeness (QED) is 0.585. The number of hydrogen-bond donors (Lipinski definition) is 1. The molecule has 0 spiro atoms. The third-order valence-corrected chi connectivity index (χ3v) is 1.81. The summed E-state index contributed by atoms with van der Waals surface area (Å²) in [6, 6.07) is 0. The van der Waals surface area contributed by atoms with Crippen molar-refractivity contribution in [2.75, 3.05) is 26.3 Å². The first kappa shape index (κ1) is 12.9. The first-order chi connectivity index (χ1) is 6.41. The summed E-state index contributed by atoms with van der Waals surface area (Å²) in [5.74, 6) is 0. The summed E-state index contributed by atoms with van der Waals surface area (Å²) >= 11 is 5.35. The number of ether oxygens (including phenoxy) is 1. The highest BCUT2D eigenvalue weighted by Gasteiger charge is 1.87. The van der Waals surface area contributed by atoms with Gasteiger partial charge in [-0.15, -0.1) is 0 Å². The van der Waals surface area contributed by atoms with Crippen LogP contribution in [-0.2, 0) is 4.74 Å². The molecule has 0 aliphatic rings. The molecule has 0 atom stereocenters. The standard InChI is InChI=1S/C10H20ClNO/c1-2-3-9-13-10-5-8-12-7-4-6-11/h4,6,12H,2-3,5,7-10H2,1H3/b6-4+. The minimum absolute atomic E-state index is 0.846. The van der Waals surface area contributed by atoms with E-state index in [1.807, 2.05) is 6.08 Å². The molecule has 0 aromatic carbocycles. The van der Waals surface area contributed by atoms with Gasteiger partial charge >= 0.3 is 0 Å². The molecule has 0 aliphatic heterocycles. The van der Waals surface area contributed by atoms with Crippen LogP contribution in [0, 0.1) is 0 Å². The summed E-state index contributed by atoms with van der Waals surface area (Å²) in [5, 5.41) is 3.23. The van der Waals surface area contributed by atoms with Crippen LogP contribution in [0.5, 0.6) is 0 Å². The van der Waals surface area contributed by atoms with Gasteiger partial charge in [-0.05, 0) is 19.4 Å². The Labute approximate surface area is 86.3 Å². The minimum atomic E-state index is 0.846. The SMILES string of the molecule is CCCCOCCCNC/C=C/Cl. The molecule has 0 aromatic heterocycles. The molecule has 0 amide bonds. The molecule has 2 nitrogen and oxygen atoms in total. The van der Waals surface area contributed by atoms with E-state index >= 15 is 0 Å². The Hall–Kier alpha value is -0.0500. The van der Waals surface area contributed by atoms with Gasteiger partial charge in [0.15, 0.2) is 0 Å². The fourth-order valence-electron chi connectivity index (χ4n) is 0.878. The van der Waals surface area contributed by atoms with Crippen LogP contribution < -0.4 is 5.32 Å². The Balaban J connectivity index is 2.83. The molecule has 0 rings (SSSR count). The van der Waals surface area contributed by atoms with E-state index in [0.717, 1.165) is 32.7 Å². The van der Waals surface area contributed by atoms with Crippen LogP contribution in [0.15, 0.2) is 11.6 Å². The highest BCUT2D eigenvalue weighted by atomic mass is 35.5. The molecule has 78 valence electrons. The van der Waals surface area contributed by atoms with Gasteiger partial charge in [0.25, 0.3) is 0 Å². The van der Waals surface area contributed by atoms with E-state index in [1.165, 1.54) is 18.4 Å². The summed E-state index contributed by atoms with van der Waals surface area (Å²) < 4.78 is 5.40. The maximum Gasteiger partial charge on any atom is 0.0478 e. The number of hydrogen-bond acceptors (Lipinski definition) is 2. The Morgan fingerprint density at radius 3 is 2.77 bits per heavy atom. The molecule has 0 aliphatic carbocycles. The van der Waals surface area contributed by atoms with Crippen molar-refractivity contribution in [1.29, 1.82) is 0 Å². The number of halogens is 1. The van der Waals surface area contributed by atoms with E-state index in [2.05, 4.69) is 12.2 Å². The van der Waals surface area contributed by atoms with Crippen LogP contribution in [0.1, 0.15) is 26.2 Å². The molecule has 1 N–H and O–H groups in total. The largest absolute Gasteiger partial charge is 0.381 e. The fourth-order valence-corrected chi connectivity index (χ4v) is 0.967. The molecule has 0 bridgehead atoms. The Bertz CT molecular complexity index is 117. The van der Waals surface area contributed by atoms with Gasteiger partial charge in [-0.25, -0.2) is 0 Å². The van der Waals surface area contributed by atoms with Gasteiger partial charge in [0.05, 0.1) is 0 Å². The van der Waals surface area contributed by atoms with Crippen molar-refractivity contribution in [3.05, 3.63) is 11.6 Å². The summed E-state index contributed by atoms with van der Waals surface area (Å²) in [5.41, 5.74) is 1.53. The Morgan fingerprint density at radius 2 is 2.08 bits per heavy atom. The number of unbranched alkanes of at least 4 members (excludes halogenated alkanes) is 1. The second-order valence-corrected chi connectivity index (χ2v) is 3.14. The average Bonchev–Trinajstić information content (AvgIpc) is 2.16. The predicted octanol–water partition coefficient (Wildman–Crippen LogP) is 2.54. The molecule has 0 saturated carbocycles. The van der Waals surface area contributed by atoms with Gasteiger partial charge in [-0.3, -0.25) is 0 Å². The van der Waals surface area contributed by atoms with E-state index in [-0.39, 0.29) is 0 Å². The first-order valence-corrected chi connectivity index (χ1v) is 5.39.